The standard InChI is InChI=1S/C22H31ClN6O/c1-2-24-22(26-18-10-12-29(13-11-18)19-8-3-4-9-19)25-15-20-27-21(28-30-20)16-6-5-7-17(23)14-16/h5-7,14,18-19H,2-4,8-13,15H2,1H3,(H2,24,25,26). The van der Waals surface area contributed by atoms with Gasteiger partial charge in [0.2, 0.25) is 11.7 Å². The Morgan fingerprint density at radius 2 is 2.03 bits per heavy atom. The van der Waals surface area contributed by atoms with Crippen LogP contribution in [0.3, 0.4) is 0 Å². The van der Waals surface area contributed by atoms with Crippen molar-refractivity contribution in [1.29, 1.82) is 0 Å². The number of aliphatic imine (C=N–C) groups is 1. The maximum atomic E-state index is 6.05. The number of halogens is 1. The second-order valence-corrected chi connectivity index (χ2v) is 8.55. The first-order chi connectivity index (χ1) is 14.7. The molecule has 0 spiro atoms. The van der Waals surface area contributed by atoms with Crippen LogP contribution >= 0.6 is 11.6 Å². The fourth-order valence-corrected chi connectivity index (χ4v) is 4.59. The Hall–Kier alpha value is -2.12. The van der Waals surface area contributed by atoms with E-state index in [2.05, 4.69) is 37.6 Å². The average molecular weight is 431 g/mol. The van der Waals surface area contributed by atoms with Crippen LogP contribution in [0.4, 0.5) is 0 Å². The molecule has 8 heteroatoms. The molecule has 1 aromatic carbocycles. The van der Waals surface area contributed by atoms with Gasteiger partial charge < -0.3 is 20.1 Å². The molecule has 0 radical (unpaired) electrons. The molecule has 0 atom stereocenters. The van der Waals surface area contributed by atoms with E-state index in [1.807, 2.05) is 24.3 Å². The van der Waals surface area contributed by atoms with Crippen LogP contribution in [-0.2, 0) is 6.54 Å². The molecule has 2 N–H and O–H groups in total. The zero-order valence-corrected chi connectivity index (χ0v) is 18.4. The fraction of sp³-hybridized carbons (Fsp3) is 0.591. The zero-order valence-electron chi connectivity index (χ0n) is 17.6. The molecule has 162 valence electrons. The molecule has 30 heavy (non-hydrogen) atoms. The van der Waals surface area contributed by atoms with Crippen molar-refractivity contribution in [1.82, 2.24) is 25.7 Å². The normalized spacial score (nSPS) is 19.3. The number of hydrogen-bond acceptors (Lipinski definition) is 5. The van der Waals surface area contributed by atoms with E-state index in [0.717, 1.165) is 37.0 Å². The van der Waals surface area contributed by atoms with Gasteiger partial charge in [0, 0.05) is 42.3 Å². The monoisotopic (exact) mass is 430 g/mol. The van der Waals surface area contributed by atoms with Crippen molar-refractivity contribution in [3.63, 3.8) is 0 Å². The molecule has 1 aliphatic carbocycles. The predicted octanol–water partition coefficient (Wildman–Crippen LogP) is 3.85. The first kappa shape index (κ1) is 21.1. The summed E-state index contributed by atoms with van der Waals surface area (Å²) in [4.78, 5) is 11.8. The minimum absolute atomic E-state index is 0.337. The highest BCUT2D eigenvalue weighted by Crippen LogP contribution is 2.26. The Bertz CT molecular complexity index is 840. The molecule has 0 amide bonds. The highest BCUT2D eigenvalue weighted by atomic mass is 35.5. The van der Waals surface area contributed by atoms with Crippen molar-refractivity contribution in [2.45, 2.75) is 64.1 Å². The molecule has 1 saturated carbocycles. The van der Waals surface area contributed by atoms with Crippen molar-refractivity contribution < 1.29 is 4.52 Å². The van der Waals surface area contributed by atoms with E-state index in [9.17, 15) is 0 Å². The van der Waals surface area contributed by atoms with E-state index < -0.39 is 0 Å². The number of nitrogens with zero attached hydrogens (tertiary/aromatic N) is 4. The van der Waals surface area contributed by atoms with Crippen molar-refractivity contribution in [3.8, 4) is 11.4 Å². The van der Waals surface area contributed by atoms with Crippen LogP contribution in [0.1, 0.15) is 51.3 Å². The van der Waals surface area contributed by atoms with Gasteiger partial charge in [0.05, 0.1) is 0 Å². The molecule has 0 bridgehead atoms. The molecular weight excluding hydrogens is 400 g/mol. The van der Waals surface area contributed by atoms with E-state index in [-0.39, 0.29) is 0 Å². The third-order valence-corrected chi connectivity index (χ3v) is 6.21. The lowest BCUT2D eigenvalue weighted by Crippen LogP contribution is -2.50. The van der Waals surface area contributed by atoms with Crippen LogP contribution in [0.5, 0.6) is 0 Å². The lowest BCUT2D eigenvalue weighted by Gasteiger charge is -2.36. The van der Waals surface area contributed by atoms with Gasteiger partial charge >= 0.3 is 0 Å². The number of rotatable bonds is 6. The quantitative estimate of drug-likeness (QED) is 0.535. The smallest absolute Gasteiger partial charge is 0.248 e. The van der Waals surface area contributed by atoms with E-state index in [0.29, 0.717) is 29.3 Å². The largest absolute Gasteiger partial charge is 0.357 e. The first-order valence-electron chi connectivity index (χ1n) is 11.1. The molecule has 2 heterocycles. The number of likely N-dealkylation sites (tertiary alicyclic amines) is 1. The minimum Gasteiger partial charge on any atom is -0.357 e. The third-order valence-electron chi connectivity index (χ3n) is 5.98. The minimum atomic E-state index is 0.337. The van der Waals surface area contributed by atoms with Crippen molar-refractivity contribution in [2.24, 2.45) is 4.99 Å². The summed E-state index contributed by atoms with van der Waals surface area (Å²) in [5.74, 6) is 1.82. The number of aromatic nitrogens is 2. The van der Waals surface area contributed by atoms with E-state index >= 15 is 0 Å². The van der Waals surface area contributed by atoms with Gasteiger partial charge in [0.15, 0.2) is 5.96 Å². The molecule has 2 aromatic rings. The summed E-state index contributed by atoms with van der Waals surface area (Å²) in [5.41, 5.74) is 0.834. The molecule has 2 aliphatic rings. The topological polar surface area (TPSA) is 78.6 Å². The third kappa shape index (κ3) is 5.52. The number of hydrogen-bond donors (Lipinski definition) is 2. The molecule has 0 unspecified atom stereocenters. The number of piperidine rings is 1. The van der Waals surface area contributed by atoms with Gasteiger partial charge in [-0.2, -0.15) is 4.98 Å². The number of benzene rings is 1. The van der Waals surface area contributed by atoms with E-state index in [4.69, 9.17) is 16.1 Å². The summed E-state index contributed by atoms with van der Waals surface area (Å²) in [7, 11) is 0. The lowest BCUT2D eigenvalue weighted by molar-refractivity contribution is 0.150. The van der Waals surface area contributed by atoms with Crippen LogP contribution in [0, 0.1) is 0 Å². The Morgan fingerprint density at radius 1 is 1.23 bits per heavy atom. The molecule has 1 aliphatic heterocycles. The van der Waals surface area contributed by atoms with Gasteiger partial charge in [-0.05, 0) is 44.7 Å². The molecule has 2 fully saturated rings. The summed E-state index contributed by atoms with van der Waals surface area (Å²) >= 11 is 6.05. The van der Waals surface area contributed by atoms with Crippen LogP contribution in [0.15, 0.2) is 33.8 Å². The molecule has 1 saturated heterocycles. The molecule has 7 nitrogen and oxygen atoms in total. The van der Waals surface area contributed by atoms with Crippen LogP contribution in [-0.4, -0.2) is 52.7 Å². The maximum absolute atomic E-state index is 6.05. The van der Waals surface area contributed by atoms with Gasteiger partial charge in [0.25, 0.3) is 0 Å². The SMILES string of the molecule is CCNC(=NCc1nc(-c2cccc(Cl)c2)no1)NC1CCN(C2CCCC2)CC1. The van der Waals surface area contributed by atoms with Gasteiger partial charge in [-0.1, -0.05) is 41.7 Å². The predicted molar refractivity (Wildman–Crippen MR) is 120 cm³/mol. The Kier molecular flexibility index (Phi) is 7.23. The number of nitrogens with one attached hydrogen (secondary N) is 2. The molecule has 1 aromatic heterocycles. The van der Waals surface area contributed by atoms with Gasteiger partial charge in [-0.25, -0.2) is 4.99 Å². The lowest BCUT2D eigenvalue weighted by atomic mass is 10.0. The van der Waals surface area contributed by atoms with Crippen molar-refractivity contribution in [2.75, 3.05) is 19.6 Å². The van der Waals surface area contributed by atoms with Crippen LogP contribution in [0.25, 0.3) is 11.4 Å². The second kappa shape index (κ2) is 10.3. The molecule has 4 rings (SSSR count). The summed E-state index contributed by atoms with van der Waals surface area (Å²) in [6.07, 6.45) is 7.86. The van der Waals surface area contributed by atoms with Crippen LogP contribution in [0.2, 0.25) is 5.02 Å². The van der Waals surface area contributed by atoms with Gasteiger partial charge in [-0.3, -0.25) is 0 Å². The Labute approximate surface area is 183 Å². The van der Waals surface area contributed by atoms with E-state index in [1.165, 1.54) is 38.8 Å². The second-order valence-electron chi connectivity index (χ2n) is 8.11. The zero-order chi connectivity index (χ0) is 20.8. The maximum Gasteiger partial charge on any atom is 0.248 e. The van der Waals surface area contributed by atoms with Crippen molar-refractivity contribution in [3.05, 3.63) is 35.2 Å². The summed E-state index contributed by atoms with van der Waals surface area (Å²) < 4.78 is 5.37. The van der Waals surface area contributed by atoms with Crippen molar-refractivity contribution >= 4 is 17.6 Å². The molecular formula is C22H31ClN6O. The highest BCUT2D eigenvalue weighted by Gasteiger charge is 2.27. The highest BCUT2D eigenvalue weighted by molar-refractivity contribution is 6.30. The summed E-state index contributed by atoms with van der Waals surface area (Å²) in [6.45, 7) is 5.57. The Morgan fingerprint density at radius 3 is 2.77 bits per heavy atom. The average Bonchev–Trinajstić information content (AvgIpc) is 3.45. The first-order valence-corrected chi connectivity index (χ1v) is 11.5. The van der Waals surface area contributed by atoms with Gasteiger partial charge in [-0.15, -0.1) is 0 Å². The fourth-order valence-electron chi connectivity index (χ4n) is 4.40. The summed E-state index contributed by atoms with van der Waals surface area (Å²) in [5, 5.41) is 11.6. The van der Waals surface area contributed by atoms with Gasteiger partial charge in [0.1, 0.15) is 6.54 Å². The van der Waals surface area contributed by atoms with Crippen LogP contribution < -0.4 is 10.6 Å². The Balaban J connectivity index is 1.32. The van der Waals surface area contributed by atoms with E-state index in [1.54, 1.807) is 0 Å². The summed E-state index contributed by atoms with van der Waals surface area (Å²) in [6, 6.07) is 8.69. The number of guanidine groups is 1.